The van der Waals surface area contributed by atoms with E-state index in [0.29, 0.717) is 17.0 Å². The molecular weight excluding hydrogens is 442 g/mol. The van der Waals surface area contributed by atoms with Crippen LogP contribution in [0.2, 0.25) is 0 Å². The molecule has 3 aromatic carbocycles. The van der Waals surface area contributed by atoms with E-state index < -0.39 is 0 Å². The zero-order valence-electron chi connectivity index (χ0n) is 17.4. The second-order valence-corrected chi connectivity index (χ2v) is 8.78. The summed E-state index contributed by atoms with van der Waals surface area (Å²) in [4.78, 5) is 26.7. The number of aromatic nitrogens is 1. The Labute approximate surface area is 193 Å². The Morgan fingerprint density at radius 1 is 0.818 bits per heavy atom. The SMILES string of the molecule is O=C1S/C(=C/c2ccc3c(ccn3Cc3cccc(F)c3)c2)C(=O)N1Cc1ccc(F)cc1. The fourth-order valence-electron chi connectivity index (χ4n) is 3.84. The summed E-state index contributed by atoms with van der Waals surface area (Å²) in [5.41, 5.74) is 3.34. The van der Waals surface area contributed by atoms with Crippen molar-refractivity contribution in [2.75, 3.05) is 0 Å². The fraction of sp³-hybridized carbons (Fsp3) is 0.0769. The van der Waals surface area contributed by atoms with E-state index >= 15 is 0 Å². The Kier molecular flexibility index (Phi) is 5.56. The normalized spacial score (nSPS) is 15.2. The summed E-state index contributed by atoms with van der Waals surface area (Å²) >= 11 is 0.896. The van der Waals surface area contributed by atoms with Crippen molar-refractivity contribution in [1.82, 2.24) is 9.47 Å². The van der Waals surface area contributed by atoms with Crippen molar-refractivity contribution in [3.8, 4) is 0 Å². The predicted molar refractivity (Wildman–Crippen MR) is 125 cm³/mol. The van der Waals surface area contributed by atoms with E-state index in [1.54, 1.807) is 24.3 Å². The molecule has 1 aliphatic rings. The zero-order chi connectivity index (χ0) is 22.9. The van der Waals surface area contributed by atoms with E-state index in [1.165, 1.54) is 24.3 Å². The maximum absolute atomic E-state index is 13.5. The average molecular weight is 461 g/mol. The van der Waals surface area contributed by atoms with E-state index in [1.807, 2.05) is 41.1 Å². The van der Waals surface area contributed by atoms with E-state index in [9.17, 15) is 18.4 Å². The number of hydrogen-bond donors (Lipinski definition) is 0. The maximum atomic E-state index is 13.5. The molecule has 4 nitrogen and oxygen atoms in total. The number of carbonyl (C=O) groups is 2. The molecule has 1 fully saturated rings. The van der Waals surface area contributed by atoms with Crippen LogP contribution >= 0.6 is 11.8 Å². The standard InChI is InChI=1S/C26H18F2N2O2S/c27-21-7-4-17(5-8-21)16-30-25(31)24(33-26(30)32)14-18-6-9-23-20(12-18)10-11-29(23)15-19-2-1-3-22(28)13-19/h1-14H,15-16H2/b24-14+. The smallest absolute Gasteiger partial charge is 0.293 e. The first-order valence-electron chi connectivity index (χ1n) is 10.3. The van der Waals surface area contributed by atoms with Crippen LogP contribution in [0.5, 0.6) is 0 Å². The van der Waals surface area contributed by atoms with Gasteiger partial charge in [-0.15, -0.1) is 0 Å². The van der Waals surface area contributed by atoms with Crippen molar-refractivity contribution >= 4 is 39.9 Å². The molecule has 0 radical (unpaired) electrons. The first kappa shape index (κ1) is 21.2. The van der Waals surface area contributed by atoms with Gasteiger partial charge >= 0.3 is 0 Å². The van der Waals surface area contributed by atoms with Crippen LogP contribution in [0.1, 0.15) is 16.7 Å². The van der Waals surface area contributed by atoms with Gasteiger partial charge in [-0.3, -0.25) is 14.5 Å². The van der Waals surface area contributed by atoms with Crippen LogP contribution in [-0.2, 0) is 17.9 Å². The minimum absolute atomic E-state index is 0.101. The van der Waals surface area contributed by atoms with Gasteiger partial charge in [-0.2, -0.15) is 0 Å². The van der Waals surface area contributed by atoms with Crippen molar-refractivity contribution < 1.29 is 18.4 Å². The Hall–Kier alpha value is -3.71. The summed E-state index contributed by atoms with van der Waals surface area (Å²) in [7, 11) is 0. The topological polar surface area (TPSA) is 42.3 Å². The van der Waals surface area contributed by atoms with Crippen LogP contribution < -0.4 is 0 Å². The second-order valence-electron chi connectivity index (χ2n) is 7.79. The Morgan fingerprint density at radius 3 is 2.42 bits per heavy atom. The molecule has 0 aliphatic carbocycles. The van der Waals surface area contributed by atoms with Gasteiger partial charge in [-0.1, -0.05) is 30.3 Å². The van der Waals surface area contributed by atoms with Gasteiger partial charge in [0.25, 0.3) is 11.1 Å². The third-order valence-electron chi connectivity index (χ3n) is 5.46. The van der Waals surface area contributed by atoms with Gasteiger partial charge in [0.2, 0.25) is 0 Å². The molecule has 4 aromatic rings. The Balaban J connectivity index is 1.36. The van der Waals surface area contributed by atoms with Crippen LogP contribution in [0.25, 0.3) is 17.0 Å². The number of carbonyl (C=O) groups excluding carboxylic acids is 2. The highest BCUT2D eigenvalue weighted by Crippen LogP contribution is 2.34. The number of rotatable bonds is 5. The van der Waals surface area contributed by atoms with Crippen LogP contribution in [-0.4, -0.2) is 20.6 Å². The number of hydrogen-bond acceptors (Lipinski definition) is 3. The highest BCUT2D eigenvalue weighted by atomic mass is 32.2. The average Bonchev–Trinajstić information content (AvgIpc) is 3.30. The Morgan fingerprint density at radius 2 is 1.64 bits per heavy atom. The molecule has 0 atom stereocenters. The summed E-state index contributed by atoms with van der Waals surface area (Å²) in [6, 6.07) is 20.0. The molecule has 0 spiro atoms. The summed E-state index contributed by atoms with van der Waals surface area (Å²) in [5, 5.41) is 0.628. The minimum atomic E-state index is -0.368. The summed E-state index contributed by atoms with van der Waals surface area (Å²) in [6.07, 6.45) is 3.65. The maximum Gasteiger partial charge on any atom is 0.293 e. The van der Waals surface area contributed by atoms with Gasteiger partial charge in [0.1, 0.15) is 11.6 Å². The van der Waals surface area contributed by atoms with Crippen LogP contribution in [0.4, 0.5) is 13.6 Å². The lowest BCUT2D eigenvalue weighted by molar-refractivity contribution is -0.123. The van der Waals surface area contributed by atoms with Crippen LogP contribution in [0.15, 0.2) is 83.9 Å². The zero-order valence-corrected chi connectivity index (χ0v) is 18.2. The predicted octanol–water partition coefficient (Wildman–Crippen LogP) is 6.20. The lowest BCUT2D eigenvalue weighted by Gasteiger charge is -2.12. The van der Waals surface area contributed by atoms with Gasteiger partial charge in [0.15, 0.2) is 0 Å². The molecule has 7 heteroatoms. The molecule has 2 amide bonds. The molecular formula is C26H18F2N2O2S. The lowest BCUT2D eigenvalue weighted by atomic mass is 10.1. The molecule has 164 valence electrons. The molecule has 0 N–H and O–H groups in total. The van der Waals surface area contributed by atoms with Crippen molar-refractivity contribution in [3.63, 3.8) is 0 Å². The van der Waals surface area contributed by atoms with Crippen LogP contribution in [0, 0.1) is 11.6 Å². The summed E-state index contributed by atoms with van der Waals surface area (Å²) < 4.78 is 28.6. The third kappa shape index (κ3) is 4.45. The lowest BCUT2D eigenvalue weighted by Crippen LogP contribution is -2.27. The summed E-state index contributed by atoms with van der Waals surface area (Å²) in [5.74, 6) is -0.995. The third-order valence-corrected chi connectivity index (χ3v) is 6.37. The molecule has 2 heterocycles. The quantitative estimate of drug-likeness (QED) is 0.333. The first-order valence-corrected chi connectivity index (χ1v) is 11.1. The van der Waals surface area contributed by atoms with Gasteiger partial charge < -0.3 is 4.57 Å². The Bertz CT molecular complexity index is 1410. The van der Waals surface area contributed by atoms with E-state index in [0.717, 1.165) is 38.7 Å². The largest absolute Gasteiger partial charge is 0.343 e. The van der Waals surface area contributed by atoms with Gasteiger partial charge in [0.05, 0.1) is 11.4 Å². The molecule has 0 unspecified atom stereocenters. The van der Waals surface area contributed by atoms with Gasteiger partial charge in [0, 0.05) is 23.6 Å². The molecule has 1 aromatic heterocycles. The van der Waals surface area contributed by atoms with Crippen molar-refractivity contribution in [2.45, 2.75) is 13.1 Å². The van der Waals surface area contributed by atoms with E-state index in [4.69, 9.17) is 0 Å². The molecule has 5 rings (SSSR count). The monoisotopic (exact) mass is 460 g/mol. The molecule has 0 saturated carbocycles. The summed E-state index contributed by atoms with van der Waals surface area (Å²) in [6.45, 7) is 0.646. The number of nitrogens with zero attached hydrogens (tertiary/aromatic N) is 2. The van der Waals surface area contributed by atoms with E-state index in [2.05, 4.69) is 0 Å². The highest BCUT2D eigenvalue weighted by Gasteiger charge is 2.35. The number of thioether (sulfide) groups is 1. The van der Waals surface area contributed by atoms with Crippen LogP contribution in [0.3, 0.4) is 0 Å². The number of imide groups is 1. The minimum Gasteiger partial charge on any atom is -0.343 e. The number of fused-ring (bicyclic) bond motifs is 1. The molecule has 1 aliphatic heterocycles. The fourth-order valence-corrected chi connectivity index (χ4v) is 4.68. The van der Waals surface area contributed by atoms with Crippen molar-refractivity contribution in [1.29, 1.82) is 0 Å². The highest BCUT2D eigenvalue weighted by molar-refractivity contribution is 8.18. The molecule has 33 heavy (non-hydrogen) atoms. The van der Waals surface area contributed by atoms with Gasteiger partial charge in [-0.25, -0.2) is 8.78 Å². The number of benzene rings is 3. The van der Waals surface area contributed by atoms with Crippen molar-refractivity contribution in [2.24, 2.45) is 0 Å². The number of amides is 2. The molecule has 0 bridgehead atoms. The number of halogens is 2. The molecule has 1 saturated heterocycles. The van der Waals surface area contributed by atoms with Gasteiger partial charge in [-0.05, 0) is 77.0 Å². The van der Waals surface area contributed by atoms with E-state index in [-0.39, 0.29) is 29.3 Å². The first-order chi connectivity index (χ1) is 16.0. The second kappa shape index (κ2) is 8.67. The van der Waals surface area contributed by atoms with Crippen molar-refractivity contribution in [3.05, 3.63) is 112 Å².